The average Bonchev–Trinajstić information content (AvgIpc) is 2.39. The van der Waals surface area contributed by atoms with Crippen LogP contribution in [-0.2, 0) is 0 Å². The molecule has 0 amide bonds. The number of hydrogen-bond donors (Lipinski definition) is 0. The molecule has 0 aliphatic heterocycles. The van der Waals surface area contributed by atoms with Gasteiger partial charge in [-0.3, -0.25) is 0 Å². The fourth-order valence-electron chi connectivity index (χ4n) is 1.85. The van der Waals surface area contributed by atoms with Gasteiger partial charge in [0.25, 0.3) is 0 Å². The van der Waals surface area contributed by atoms with Gasteiger partial charge in [0.15, 0.2) is 0 Å². The molecule has 0 aliphatic carbocycles. The lowest BCUT2D eigenvalue weighted by molar-refractivity contribution is 1.06. The van der Waals surface area contributed by atoms with Crippen LogP contribution in [0.3, 0.4) is 0 Å². The number of aromatic nitrogens is 2. The number of benzene rings is 2. The third kappa shape index (κ3) is 2.02. The molecule has 3 aromatic rings. The molecule has 1 aromatic heterocycles. The summed E-state index contributed by atoms with van der Waals surface area (Å²) < 4.78 is 1.22. The Labute approximate surface area is 113 Å². The van der Waals surface area contributed by atoms with Gasteiger partial charge in [-0.2, -0.15) is 5.10 Å². The molecule has 0 atom stereocenters. The van der Waals surface area contributed by atoms with Gasteiger partial charge in [0.1, 0.15) is 5.69 Å². The molecule has 0 N–H and O–H groups in total. The molecule has 2 aromatic carbocycles. The molecule has 0 fully saturated rings. The highest BCUT2D eigenvalue weighted by atomic mass is 127. The first-order valence-corrected chi connectivity index (χ1v) is 6.39. The second-order valence-electron chi connectivity index (χ2n) is 3.79. The van der Waals surface area contributed by atoms with Gasteiger partial charge in [0, 0.05) is 19.9 Å². The summed E-state index contributed by atoms with van der Waals surface area (Å²) in [6.07, 6.45) is 1.80. The van der Waals surface area contributed by atoms with Crippen molar-refractivity contribution in [2.75, 3.05) is 0 Å². The van der Waals surface area contributed by atoms with E-state index < -0.39 is 0 Å². The number of rotatable bonds is 1. The minimum absolute atomic E-state index is 0.944. The first-order chi connectivity index (χ1) is 8.34. The third-order valence-corrected chi connectivity index (χ3v) is 3.41. The molecule has 1 heterocycles. The van der Waals surface area contributed by atoms with Crippen LogP contribution < -0.4 is 0 Å². The maximum atomic E-state index is 4.25. The van der Waals surface area contributed by atoms with Crippen molar-refractivity contribution in [3.63, 3.8) is 0 Å². The van der Waals surface area contributed by atoms with Crippen LogP contribution in [0.25, 0.3) is 22.0 Å². The summed E-state index contributed by atoms with van der Waals surface area (Å²) in [7, 11) is 0. The predicted octanol–water partition coefficient (Wildman–Crippen LogP) is 3.90. The lowest BCUT2D eigenvalue weighted by Crippen LogP contribution is -1.89. The summed E-state index contributed by atoms with van der Waals surface area (Å²) in [5.41, 5.74) is 2.05. The Morgan fingerprint density at radius 2 is 1.65 bits per heavy atom. The van der Waals surface area contributed by atoms with Gasteiger partial charge >= 0.3 is 0 Å². The van der Waals surface area contributed by atoms with E-state index in [0.29, 0.717) is 0 Å². The zero-order chi connectivity index (χ0) is 11.7. The van der Waals surface area contributed by atoms with Gasteiger partial charge in [0.2, 0.25) is 0 Å². The Bertz CT molecular complexity index is 657. The van der Waals surface area contributed by atoms with E-state index in [0.717, 1.165) is 22.0 Å². The second kappa shape index (κ2) is 4.41. The molecule has 0 bridgehead atoms. The van der Waals surface area contributed by atoms with Crippen molar-refractivity contribution in [1.29, 1.82) is 0 Å². The SMILES string of the molecule is Ic1ccc(-c2nncc3ccccc23)cc1. The fraction of sp³-hybridized carbons (Fsp3) is 0. The van der Waals surface area contributed by atoms with Crippen molar-refractivity contribution in [3.05, 3.63) is 58.3 Å². The van der Waals surface area contributed by atoms with E-state index in [1.807, 2.05) is 12.1 Å². The summed E-state index contributed by atoms with van der Waals surface area (Å²) in [6.45, 7) is 0. The van der Waals surface area contributed by atoms with Gasteiger partial charge < -0.3 is 0 Å². The third-order valence-electron chi connectivity index (χ3n) is 2.69. The van der Waals surface area contributed by atoms with E-state index in [4.69, 9.17) is 0 Å². The normalized spacial score (nSPS) is 10.6. The lowest BCUT2D eigenvalue weighted by atomic mass is 10.1. The van der Waals surface area contributed by atoms with Gasteiger partial charge in [-0.15, -0.1) is 5.10 Å². The molecular weight excluding hydrogens is 323 g/mol. The van der Waals surface area contributed by atoms with Crippen molar-refractivity contribution in [2.45, 2.75) is 0 Å². The fourth-order valence-corrected chi connectivity index (χ4v) is 2.21. The molecule has 0 spiro atoms. The first-order valence-electron chi connectivity index (χ1n) is 5.31. The van der Waals surface area contributed by atoms with Crippen LogP contribution in [0.15, 0.2) is 54.7 Å². The molecule has 0 radical (unpaired) electrons. The monoisotopic (exact) mass is 332 g/mol. The van der Waals surface area contributed by atoms with Crippen molar-refractivity contribution < 1.29 is 0 Å². The Kier molecular flexibility index (Phi) is 2.76. The highest BCUT2D eigenvalue weighted by molar-refractivity contribution is 14.1. The van der Waals surface area contributed by atoms with Crippen LogP contribution in [0, 0.1) is 3.57 Å². The molecule has 82 valence electrons. The first kappa shape index (κ1) is 10.7. The molecular formula is C14H9IN2. The maximum Gasteiger partial charge on any atom is 0.101 e. The lowest BCUT2D eigenvalue weighted by Gasteiger charge is -2.04. The highest BCUT2D eigenvalue weighted by Crippen LogP contribution is 2.25. The summed E-state index contributed by atoms with van der Waals surface area (Å²) >= 11 is 2.30. The summed E-state index contributed by atoms with van der Waals surface area (Å²) in [6, 6.07) is 16.5. The van der Waals surface area contributed by atoms with Gasteiger partial charge in [-0.1, -0.05) is 36.4 Å². The predicted molar refractivity (Wildman–Crippen MR) is 77.7 cm³/mol. The van der Waals surface area contributed by atoms with Gasteiger partial charge in [0.05, 0.1) is 6.20 Å². The van der Waals surface area contributed by atoms with Crippen LogP contribution in [0.2, 0.25) is 0 Å². The van der Waals surface area contributed by atoms with Gasteiger partial charge in [-0.25, -0.2) is 0 Å². The van der Waals surface area contributed by atoms with Crippen molar-refractivity contribution >= 4 is 33.4 Å². The van der Waals surface area contributed by atoms with Crippen LogP contribution in [0.5, 0.6) is 0 Å². The van der Waals surface area contributed by atoms with E-state index in [1.54, 1.807) is 6.20 Å². The van der Waals surface area contributed by atoms with E-state index >= 15 is 0 Å². The maximum absolute atomic E-state index is 4.25. The standard InChI is InChI=1S/C14H9IN2/c15-12-7-5-10(6-8-12)14-13-4-2-1-3-11(13)9-16-17-14/h1-9H. The molecule has 3 rings (SSSR count). The van der Waals surface area contributed by atoms with Crippen LogP contribution >= 0.6 is 22.6 Å². The Balaban J connectivity index is 2.27. The molecule has 0 unspecified atom stereocenters. The minimum Gasteiger partial charge on any atom is -0.158 e. The average molecular weight is 332 g/mol. The number of hydrogen-bond acceptors (Lipinski definition) is 2. The summed E-state index contributed by atoms with van der Waals surface area (Å²) in [5.74, 6) is 0. The quantitative estimate of drug-likeness (QED) is 0.632. The minimum atomic E-state index is 0.944. The van der Waals surface area contributed by atoms with Gasteiger partial charge in [-0.05, 0) is 34.7 Å². The van der Waals surface area contributed by atoms with Crippen LogP contribution in [0.4, 0.5) is 0 Å². The summed E-state index contributed by atoms with van der Waals surface area (Å²) in [5, 5.41) is 10.6. The van der Waals surface area contributed by atoms with E-state index in [-0.39, 0.29) is 0 Å². The Hall–Kier alpha value is -1.49. The molecule has 2 nitrogen and oxygen atoms in total. The number of nitrogens with zero attached hydrogens (tertiary/aromatic N) is 2. The van der Waals surface area contributed by atoms with E-state index in [2.05, 4.69) is 69.2 Å². The molecule has 0 saturated carbocycles. The number of fused-ring (bicyclic) bond motifs is 1. The second-order valence-corrected chi connectivity index (χ2v) is 5.03. The zero-order valence-electron chi connectivity index (χ0n) is 8.97. The van der Waals surface area contributed by atoms with Crippen molar-refractivity contribution in [1.82, 2.24) is 10.2 Å². The van der Waals surface area contributed by atoms with Crippen molar-refractivity contribution in [3.8, 4) is 11.3 Å². The van der Waals surface area contributed by atoms with E-state index in [1.165, 1.54) is 3.57 Å². The smallest absolute Gasteiger partial charge is 0.101 e. The van der Waals surface area contributed by atoms with Crippen LogP contribution in [-0.4, -0.2) is 10.2 Å². The Morgan fingerprint density at radius 1 is 0.882 bits per heavy atom. The van der Waals surface area contributed by atoms with E-state index in [9.17, 15) is 0 Å². The molecule has 0 saturated heterocycles. The molecule has 0 aliphatic rings. The van der Waals surface area contributed by atoms with Crippen LogP contribution in [0.1, 0.15) is 0 Å². The zero-order valence-corrected chi connectivity index (χ0v) is 11.1. The number of halogens is 1. The summed E-state index contributed by atoms with van der Waals surface area (Å²) in [4.78, 5) is 0. The molecule has 17 heavy (non-hydrogen) atoms. The highest BCUT2D eigenvalue weighted by Gasteiger charge is 2.05. The largest absolute Gasteiger partial charge is 0.158 e. The topological polar surface area (TPSA) is 25.8 Å². The molecule has 3 heteroatoms. The Morgan fingerprint density at radius 3 is 2.47 bits per heavy atom. The van der Waals surface area contributed by atoms with Crippen molar-refractivity contribution in [2.24, 2.45) is 0 Å².